The van der Waals surface area contributed by atoms with E-state index in [1.54, 1.807) is 0 Å². The number of piperazine rings is 1. The Morgan fingerprint density at radius 3 is 2.61 bits per heavy atom. The fourth-order valence-electron chi connectivity index (χ4n) is 2.73. The monoisotopic (exact) mass is 254 g/mol. The number of nitrogens with zero attached hydrogens (tertiary/aromatic N) is 2. The molecule has 2 aliphatic heterocycles. The molecule has 1 unspecified atom stereocenters. The zero-order valence-electron chi connectivity index (χ0n) is 10.7. The molecule has 0 spiro atoms. The summed E-state index contributed by atoms with van der Waals surface area (Å²) >= 11 is 0. The topological polar surface area (TPSA) is 78.7 Å². The van der Waals surface area contributed by atoms with Gasteiger partial charge in [0.1, 0.15) is 0 Å². The Balaban J connectivity index is 1.76. The van der Waals surface area contributed by atoms with E-state index in [9.17, 15) is 9.59 Å². The van der Waals surface area contributed by atoms with Crippen LogP contribution < -0.4 is 11.1 Å². The van der Waals surface area contributed by atoms with Crippen molar-refractivity contribution in [1.29, 1.82) is 0 Å². The molecule has 2 aliphatic rings. The number of carbonyl (C=O) groups excluding carboxylic acids is 2. The number of carbonyl (C=O) groups is 2. The summed E-state index contributed by atoms with van der Waals surface area (Å²) in [7, 11) is 0. The van der Waals surface area contributed by atoms with Crippen LogP contribution in [0.25, 0.3) is 0 Å². The van der Waals surface area contributed by atoms with E-state index in [2.05, 4.69) is 5.32 Å². The van der Waals surface area contributed by atoms with Gasteiger partial charge in [-0.2, -0.15) is 0 Å². The third-order valence-corrected chi connectivity index (χ3v) is 3.77. The maximum atomic E-state index is 12.0. The summed E-state index contributed by atoms with van der Waals surface area (Å²) in [5.41, 5.74) is 5.35. The summed E-state index contributed by atoms with van der Waals surface area (Å²) < 4.78 is 0. The number of likely N-dealkylation sites (tertiary alicyclic amines) is 1. The summed E-state index contributed by atoms with van der Waals surface area (Å²) in [6.07, 6.45) is 2.32. The molecule has 0 saturated carbocycles. The molecular weight excluding hydrogens is 232 g/mol. The SMILES string of the molecule is NC(=O)C1CCCN1CCC(=O)N1CCNCC1. The fraction of sp³-hybridized carbons (Fsp3) is 0.833. The summed E-state index contributed by atoms with van der Waals surface area (Å²) in [5.74, 6) is -0.0752. The summed E-state index contributed by atoms with van der Waals surface area (Å²) in [6.45, 7) is 4.85. The maximum Gasteiger partial charge on any atom is 0.234 e. The van der Waals surface area contributed by atoms with Gasteiger partial charge in [-0.15, -0.1) is 0 Å². The molecule has 0 bridgehead atoms. The minimum atomic E-state index is -0.262. The van der Waals surface area contributed by atoms with E-state index < -0.39 is 0 Å². The molecule has 6 nitrogen and oxygen atoms in total. The second kappa shape index (κ2) is 6.15. The average molecular weight is 254 g/mol. The van der Waals surface area contributed by atoms with Crippen molar-refractivity contribution < 1.29 is 9.59 Å². The Kier molecular flexibility index (Phi) is 4.54. The lowest BCUT2D eigenvalue weighted by Crippen LogP contribution is -2.47. The Morgan fingerprint density at radius 1 is 1.22 bits per heavy atom. The molecule has 0 aromatic heterocycles. The fourth-order valence-corrected chi connectivity index (χ4v) is 2.73. The normalized spacial score (nSPS) is 25.3. The minimum absolute atomic E-state index is 0.166. The average Bonchev–Trinajstić information content (AvgIpc) is 2.85. The molecule has 0 aromatic carbocycles. The van der Waals surface area contributed by atoms with Gasteiger partial charge in [-0.25, -0.2) is 0 Å². The van der Waals surface area contributed by atoms with Crippen molar-refractivity contribution in [1.82, 2.24) is 15.1 Å². The van der Waals surface area contributed by atoms with Crippen molar-refractivity contribution in [3.63, 3.8) is 0 Å². The van der Waals surface area contributed by atoms with Crippen LogP contribution >= 0.6 is 0 Å². The van der Waals surface area contributed by atoms with Crippen molar-refractivity contribution >= 4 is 11.8 Å². The van der Waals surface area contributed by atoms with Crippen molar-refractivity contribution in [3.05, 3.63) is 0 Å². The number of hydrogen-bond acceptors (Lipinski definition) is 4. The lowest BCUT2D eigenvalue weighted by atomic mass is 10.2. The van der Waals surface area contributed by atoms with Crippen LogP contribution in [0, 0.1) is 0 Å². The van der Waals surface area contributed by atoms with Crippen molar-refractivity contribution in [2.45, 2.75) is 25.3 Å². The largest absolute Gasteiger partial charge is 0.368 e. The molecule has 2 heterocycles. The first-order valence-corrected chi connectivity index (χ1v) is 6.70. The van der Waals surface area contributed by atoms with Crippen LogP contribution in [0.4, 0.5) is 0 Å². The Hall–Kier alpha value is -1.14. The number of amides is 2. The first kappa shape index (κ1) is 13.3. The Morgan fingerprint density at radius 2 is 1.94 bits per heavy atom. The number of primary amides is 1. The highest BCUT2D eigenvalue weighted by Gasteiger charge is 2.29. The van der Waals surface area contributed by atoms with Gasteiger partial charge in [0, 0.05) is 39.1 Å². The molecule has 0 radical (unpaired) electrons. The van der Waals surface area contributed by atoms with Crippen LogP contribution in [0.3, 0.4) is 0 Å². The minimum Gasteiger partial charge on any atom is -0.368 e. The van der Waals surface area contributed by atoms with Crippen LogP contribution in [0.1, 0.15) is 19.3 Å². The third-order valence-electron chi connectivity index (χ3n) is 3.77. The van der Waals surface area contributed by atoms with Gasteiger partial charge in [0.15, 0.2) is 0 Å². The summed E-state index contributed by atoms with van der Waals surface area (Å²) in [4.78, 5) is 27.2. The van der Waals surface area contributed by atoms with E-state index in [0.29, 0.717) is 13.0 Å². The lowest BCUT2D eigenvalue weighted by molar-refractivity contribution is -0.132. The number of nitrogens with one attached hydrogen (secondary N) is 1. The third kappa shape index (κ3) is 3.20. The van der Waals surface area contributed by atoms with E-state index in [0.717, 1.165) is 45.6 Å². The van der Waals surface area contributed by atoms with Crippen LogP contribution in [-0.4, -0.2) is 66.9 Å². The molecule has 1 atom stereocenters. The van der Waals surface area contributed by atoms with Crippen LogP contribution in [-0.2, 0) is 9.59 Å². The van der Waals surface area contributed by atoms with Crippen molar-refractivity contribution in [3.8, 4) is 0 Å². The molecule has 18 heavy (non-hydrogen) atoms. The predicted molar refractivity (Wildman–Crippen MR) is 67.9 cm³/mol. The van der Waals surface area contributed by atoms with Gasteiger partial charge in [0.25, 0.3) is 0 Å². The number of nitrogens with two attached hydrogens (primary N) is 1. The predicted octanol–water partition coefficient (Wildman–Crippen LogP) is -1.24. The second-order valence-electron chi connectivity index (χ2n) is 4.98. The van der Waals surface area contributed by atoms with Gasteiger partial charge < -0.3 is 16.0 Å². The molecule has 0 aliphatic carbocycles. The number of hydrogen-bond donors (Lipinski definition) is 2. The molecule has 2 rings (SSSR count). The highest BCUT2D eigenvalue weighted by Crippen LogP contribution is 2.17. The first-order valence-electron chi connectivity index (χ1n) is 6.70. The zero-order valence-corrected chi connectivity index (χ0v) is 10.7. The standard InChI is InChI=1S/C12H22N4O2/c13-12(18)10-2-1-6-15(10)7-3-11(17)16-8-4-14-5-9-16/h10,14H,1-9H2,(H2,13,18). The van der Waals surface area contributed by atoms with Gasteiger partial charge in [0.05, 0.1) is 6.04 Å². The Bertz CT molecular complexity index is 315. The zero-order chi connectivity index (χ0) is 13.0. The molecule has 3 N–H and O–H groups in total. The van der Waals surface area contributed by atoms with E-state index in [1.165, 1.54) is 0 Å². The van der Waals surface area contributed by atoms with E-state index in [1.807, 2.05) is 9.80 Å². The molecule has 6 heteroatoms. The highest BCUT2D eigenvalue weighted by atomic mass is 16.2. The molecule has 0 aromatic rings. The molecule has 2 fully saturated rings. The maximum absolute atomic E-state index is 12.0. The lowest BCUT2D eigenvalue weighted by Gasteiger charge is -2.29. The van der Waals surface area contributed by atoms with E-state index >= 15 is 0 Å². The van der Waals surface area contributed by atoms with Crippen LogP contribution in [0.2, 0.25) is 0 Å². The molecule has 2 amide bonds. The summed E-state index contributed by atoms with van der Waals surface area (Å²) in [6, 6.07) is -0.166. The van der Waals surface area contributed by atoms with Crippen LogP contribution in [0.15, 0.2) is 0 Å². The first-order chi connectivity index (χ1) is 8.68. The highest BCUT2D eigenvalue weighted by molar-refractivity contribution is 5.80. The van der Waals surface area contributed by atoms with Gasteiger partial charge >= 0.3 is 0 Å². The van der Waals surface area contributed by atoms with Crippen molar-refractivity contribution in [2.24, 2.45) is 5.73 Å². The van der Waals surface area contributed by atoms with Gasteiger partial charge in [-0.05, 0) is 19.4 Å². The van der Waals surface area contributed by atoms with E-state index in [4.69, 9.17) is 5.73 Å². The van der Waals surface area contributed by atoms with Gasteiger partial charge in [-0.3, -0.25) is 14.5 Å². The molecule has 102 valence electrons. The van der Waals surface area contributed by atoms with Gasteiger partial charge in [-0.1, -0.05) is 0 Å². The van der Waals surface area contributed by atoms with E-state index in [-0.39, 0.29) is 17.9 Å². The Labute approximate surface area is 107 Å². The quantitative estimate of drug-likeness (QED) is 0.657. The second-order valence-corrected chi connectivity index (χ2v) is 4.98. The smallest absolute Gasteiger partial charge is 0.234 e. The molecule has 2 saturated heterocycles. The molecular formula is C12H22N4O2. The van der Waals surface area contributed by atoms with Gasteiger partial charge in [0.2, 0.25) is 11.8 Å². The number of rotatable bonds is 4. The van der Waals surface area contributed by atoms with Crippen LogP contribution in [0.5, 0.6) is 0 Å². The summed E-state index contributed by atoms with van der Waals surface area (Å²) in [5, 5.41) is 3.22. The van der Waals surface area contributed by atoms with Crippen molar-refractivity contribution in [2.75, 3.05) is 39.3 Å².